The zero-order valence-corrected chi connectivity index (χ0v) is 25.6. The van der Waals surface area contributed by atoms with Gasteiger partial charge in [0.2, 0.25) is 0 Å². The van der Waals surface area contributed by atoms with Gasteiger partial charge in [-0.3, -0.25) is 9.48 Å². The van der Waals surface area contributed by atoms with Crippen molar-refractivity contribution in [2.24, 2.45) is 0 Å². The highest BCUT2D eigenvalue weighted by Crippen LogP contribution is 2.27. The van der Waals surface area contributed by atoms with Crippen LogP contribution in [-0.2, 0) is 16.0 Å². The van der Waals surface area contributed by atoms with E-state index >= 15 is 0 Å². The molecule has 0 aliphatic carbocycles. The largest absolute Gasteiger partial charge is 0.497 e. The van der Waals surface area contributed by atoms with Gasteiger partial charge < -0.3 is 29.6 Å². The van der Waals surface area contributed by atoms with Crippen LogP contribution < -0.4 is 20.8 Å². The van der Waals surface area contributed by atoms with Gasteiger partial charge in [0, 0.05) is 36.0 Å². The van der Waals surface area contributed by atoms with Gasteiger partial charge in [-0.15, -0.1) is 0 Å². The Hall–Kier alpha value is -4.98. The summed E-state index contributed by atoms with van der Waals surface area (Å²) < 4.78 is 25.2. The van der Waals surface area contributed by atoms with E-state index in [0.717, 1.165) is 0 Å². The fourth-order valence-electron chi connectivity index (χ4n) is 4.67. The molecular weight excluding hydrogens is 568 g/mol. The Balaban J connectivity index is 1.37. The van der Waals surface area contributed by atoms with Gasteiger partial charge in [-0.25, -0.2) is 14.8 Å². The summed E-state index contributed by atoms with van der Waals surface area (Å²) in [7, 11) is 3.05. The molecule has 14 nitrogen and oxygen atoms in total. The molecule has 4 aromatic rings. The number of rotatable bonds is 7. The molecule has 1 aliphatic heterocycles. The third-order valence-corrected chi connectivity index (χ3v) is 6.88. The van der Waals surface area contributed by atoms with Crippen LogP contribution in [0.4, 0.5) is 10.6 Å². The SMILES string of the molecule is COc1cc(OC)cc(-n2nc(-c3nc(-c4cnn(C[C@H]5CN(C(=O)OC(C)(C)C)[C@H](C)CO5)c4)cnc3N)ccc2=O)c1. The van der Waals surface area contributed by atoms with Gasteiger partial charge in [0.1, 0.15) is 28.5 Å². The van der Waals surface area contributed by atoms with Crippen LogP contribution in [0.3, 0.4) is 0 Å². The number of nitrogens with zero attached hydrogens (tertiary/aromatic N) is 7. The number of hydrogen-bond donors (Lipinski definition) is 1. The topological polar surface area (TPSA) is 162 Å². The Labute approximate surface area is 254 Å². The Morgan fingerprint density at radius 3 is 2.50 bits per heavy atom. The van der Waals surface area contributed by atoms with E-state index in [4.69, 9.17) is 29.7 Å². The lowest BCUT2D eigenvalue weighted by Crippen LogP contribution is -2.53. The van der Waals surface area contributed by atoms with Gasteiger partial charge in [0.25, 0.3) is 5.56 Å². The minimum Gasteiger partial charge on any atom is -0.497 e. The van der Waals surface area contributed by atoms with E-state index in [2.05, 4.69) is 15.2 Å². The number of carbonyl (C=O) groups is 1. The molecule has 1 saturated heterocycles. The molecule has 2 N–H and O–H groups in total. The maximum atomic E-state index is 12.8. The molecule has 1 fully saturated rings. The highest BCUT2D eigenvalue weighted by Gasteiger charge is 2.33. The second-order valence-electron chi connectivity index (χ2n) is 11.4. The monoisotopic (exact) mass is 604 g/mol. The van der Waals surface area contributed by atoms with Gasteiger partial charge >= 0.3 is 6.09 Å². The van der Waals surface area contributed by atoms with Crippen LogP contribution >= 0.6 is 0 Å². The van der Waals surface area contributed by atoms with Gasteiger partial charge in [0.05, 0.1) is 69.8 Å². The van der Waals surface area contributed by atoms with Crippen LogP contribution in [0.2, 0.25) is 0 Å². The van der Waals surface area contributed by atoms with Crippen molar-refractivity contribution in [1.82, 2.24) is 34.4 Å². The number of amides is 1. The molecule has 0 spiro atoms. The molecule has 3 aromatic heterocycles. The Morgan fingerprint density at radius 1 is 1.09 bits per heavy atom. The zero-order valence-electron chi connectivity index (χ0n) is 25.6. The number of methoxy groups -OCH3 is 2. The van der Waals surface area contributed by atoms with Crippen LogP contribution in [0.5, 0.6) is 11.5 Å². The molecule has 4 heterocycles. The summed E-state index contributed by atoms with van der Waals surface area (Å²) in [5, 5.41) is 9.00. The van der Waals surface area contributed by atoms with Crippen molar-refractivity contribution >= 4 is 11.9 Å². The average Bonchev–Trinajstić information content (AvgIpc) is 3.46. The lowest BCUT2D eigenvalue weighted by Gasteiger charge is -2.38. The van der Waals surface area contributed by atoms with Gasteiger partial charge in [0.15, 0.2) is 5.82 Å². The summed E-state index contributed by atoms with van der Waals surface area (Å²) in [4.78, 5) is 36.2. The number of hydrogen-bond acceptors (Lipinski definition) is 11. The van der Waals surface area contributed by atoms with E-state index in [0.29, 0.717) is 59.5 Å². The van der Waals surface area contributed by atoms with Crippen molar-refractivity contribution in [3.05, 3.63) is 59.3 Å². The minimum absolute atomic E-state index is 0.105. The number of aromatic nitrogens is 6. The molecule has 0 radical (unpaired) electrons. The van der Waals surface area contributed by atoms with Crippen molar-refractivity contribution in [3.8, 4) is 39.8 Å². The number of carbonyl (C=O) groups excluding carboxylic acids is 1. The van der Waals surface area contributed by atoms with E-state index in [1.807, 2.05) is 33.9 Å². The number of nitrogens with two attached hydrogens (primary N) is 1. The van der Waals surface area contributed by atoms with E-state index < -0.39 is 5.60 Å². The molecule has 232 valence electrons. The number of ether oxygens (including phenoxy) is 4. The third-order valence-electron chi connectivity index (χ3n) is 6.88. The summed E-state index contributed by atoms with van der Waals surface area (Å²) in [5.41, 5.74) is 7.56. The summed E-state index contributed by atoms with van der Waals surface area (Å²) in [6.45, 7) is 8.63. The maximum absolute atomic E-state index is 12.8. The van der Waals surface area contributed by atoms with Crippen LogP contribution in [0.1, 0.15) is 27.7 Å². The van der Waals surface area contributed by atoms with E-state index in [1.165, 1.54) is 25.0 Å². The fourth-order valence-corrected chi connectivity index (χ4v) is 4.67. The second-order valence-corrected chi connectivity index (χ2v) is 11.4. The molecule has 5 rings (SSSR count). The highest BCUT2D eigenvalue weighted by molar-refractivity contribution is 5.70. The minimum atomic E-state index is -0.587. The summed E-state index contributed by atoms with van der Waals surface area (Å²) in [5.74, 6) is 1.15. The van der Waals surface area contributed by atoms with E-state index in [1.54, 1.807) is 46.2 Å². The second kappa shape index (κ2) is 12.3. The first-order valence-electron chi connectivity index (χ1n) is 14.0. The van der Waals surface area contributed by atoms with Crippen LogP contribution in [0, 0.1) is 0 Å². The molecule has 1 aliphatic rings. The number of morpholine rings is 1. The molecule has 0 unspecified atom stereocenters. The van der Waals surface area contributed by atoms with Crippen molar-refractivity contribution in [2.75, 3.05) is 33.1 Å². The molecular formula is C30H36N8O6. The Morgan fingerprint density at radius 2 is 1.82 bits per heavy atom. The predicted molar refractivity (Wildman–Crippen MR) is 162 cm³/mol. The Kier molecular flexibility index (Phi) is 8.54. The van der Waals surface area contributed by atoms with Gasteiger partial charge in [-0.2, -0.15) is 14.9 Å². The smallest absolute Gasteiger partial charge is 0.410 e. The van der Waals surface area contributed by atoms with E-state index in [-0.39, 0.29) is 29.6 Å². The fraction of sp³-hybridized carbons (Fsp3) is 0.400. The average molecular weight is 605 g/mol. The third kappa shape index (κ3) is 6.80. The zero-order chi connectivity index (χ0) is 31.6. The molecule has 1 aromatic carbocycles. The molecule has 0 saturated carbocycles. The van der Waals surface area contributed by atoms with Gasteiger partial charge in [-0.1, -0.05) is 0 Å². The van der Waals surface area contributed by atoms with E-state index in [9.17, 15) is 9.59 Å². The number of benzene rings is 1. The quantitative estimate of drug-likeness (QED) is 0.330. The molecule has 2 atom stereocenters. The lowest BCUT2D eigenvalue weighted by atomic mass is 10.2. The van der Waals surface area contributed by atoms with Crippen molar-refractivity contribution in [1.29, 1.82) is 0 Å². The van der Waals surface area contributed by atoms with Crippen molar-refractivity contribution < 1.29 is 23.7 Å². The first kappa shape index (κ1) is 30.5. The normalized spacial score (nSPS) is 16.9. The van der Waals surface area contributed by atoms with Crippen LogP contribution in [0.15, 0.2) is 53.7 Å². The number of anilines is 1. The molecule has 44 heavy (non-hydrogen) atoms. The Bertz CT molecular complexity index is 1690. The van der Waals surface area contributed by atoms with Crippen molar-refractivity contribution in [2.45, 2.75) is 52.0 Å². The first-order chi connectivity index (χ1) is 20.9. The number of nitrogen functional groups attached to an aromatic ring is 1. The maximum Gasteiger partial charge on any atom is 0.410 e. The first-order valence-corrected chi connectivity index (χ1v) is 14.0. The molecule has 1 amide bonds. The highest BCUT2D eigenvalue weighted by atomic mass is 16.6. The molecule has 14 heteroatoms. The standard InChI is InChI=1S/C30H36N8O6/c1-18-17-43-23(16-37(18)29(40)44-30(2,3)4)15-36-14-19(12-33-36)25-13-32-28(31)27(34-25)24-7-8-26(39)38(35-24)20-9-21(41-5)11-22(10-20)42-6/h7-14,18,23H,15-17H2,1-6H3,(H2,31,32)/t18-,23+/m1/s1. The van der Waals surface area contributed by atoms with Gasteiger partial charge in [-0.05, 0) is 33.8 Å². The predicted octanol–water partition coefficient (Wildman–Crippen LogP) is 3.18. The summed E-state index contributed by atoms with van der Waals surface area (Å²) in [6, 6.07) is 7.86. The van der Waals surface area contributed by atoms with Crippen LogP contribution in [0.25, 0.3) is 28.3 Å². The van der Waals surface area contributed by atoms with Crippen LogP contribution in [-0.4, -0.2) is 85.6 Å². The molecule has 0 bridgehead atoms. The summed E-state index contributed by atoms with van der Waals surface area (Å²) >= 11 is 0. The lowest BCUT2D eigenvalue weighted by molar-refractivity contribution is -0.0711. The van der Waals surface area contributed by atoms with Crippen molar-refractivity contribution in [3.63, 3.8) is 0 Å². The summed E-state index contributed by atoms with van der Waals surface area (Å²) in [6.07, 6.45) is 4.39.